The Hall–Kier alpha value is -1.31. The van der Waals surface area contributed by atoms with Gasteiger partial charge in [0, 0.05) is 11.5 Å². The van der Waals surface area contributed by atoms with Crippen LogP contribution in [0.15, 0.2) is 30.3 Å². The second-order valence-corrected chi connectivity index (χ2v) is 5.38. The van der Waals surface area contributed by atoms with Crippen molar-refractivity contribution in [2.45, 2.75) is 39.8 Å². The average molecular weight is 216 g/mol. The molecule has 1 atom stereocenters. The molecule has 0 aliphatic carbocycles. The number of benzene rings is 1. The minimum Gasteiger partial charge on any atom is -0.350 e. The normalized spacial score (nSPS) is 23.4. The summed E-state index contributed by atoms with van der Waals surface area (Å²) in [7, 11) is 0. The molecule has 1 N–H and O–H groups in total. The van der Waals surface area contributed by atoms with E-state index in [4.69, 9.17) is 5.41 Å². The Balaban J connectivity index is 2.36. The monoisotopic (exact) mass is 216 g/mol. The molecule has 1 aromatic rings. The van der Waals surface area contributed by atoms with Crippen LogP contribution in [-0.4, -0.2) is 16.8 Å². The lowest BCUT2D eigenvalue weighted by Gasteiger charge is -2.58. The van der Waals surface area contributed by atoms with E-state index in [0.29, 0.717) is 12.1 Å². The van der Waals surface area contributed by atoms with Crippen LogP contribution >= 0.6 is 0 Å². The smallest absolute Gasteiger partial charge is 0.105 e. The van der Waals surface area contributed by atoms with Crippen molar-refractivity contribution in [3.8, 4) is 0 Å². The Labute approximate surface area is 97.8 Å². The zero-order valence-electron chi connectivity index (χ0n) is 10.5. The van der Waals surface area contributed by atoms with E-state index in [1.54, 1.807) is 0 Å². The molecule has 0 amide bonds. The molecule has 0 radical (unpaired) electrons. The zero-order chi connectivity index (χ0) is 11.9. The van der Waals surface area contributed by atoms with E-state index in [9.17, 15) is 0 Å². The van der Waals surface area contributed by atoms with Crippen LogP contribution in [0.4, 0.5) is 0 Å². The summed E-state index contributed by atoms with van der Waals surface area (Å²) < 4.78 is 0. The lowest BCUT2D eigenvalue weighted by Crippen LogP contribution is -2.62. The number of likely N-dealkylation sites (tertiary alicyclic amines) is 1. The SMILES string of the molecule is CC(C)N1C(=N)C(C)(C)C1c1ccccc1. The van der Waals surface area contributed by atoms with E-state index in [-0.39, 0.29) is 5.41 Å². The third kappa shape index (κ3) is 1.44. The van der Waals surface area contributed by atoms with E-state index < -0.39 is 0 Å². The van der Waals surface area contributed by atoms with Gasteiger partial charge in [-0.05, 0) is 19.4 Å². The maximum absolute atomic E-state index is 8.13. The highest BCUT2D eigenvalue weighted by atomic mass is 15.3. The van der Waals surface area contributed by atoms with Crippen LogP contribution < -0.4 is 0 Å². The molecule has 2 rings (SSSR count). The Morgan fingerprint density at radius 2 is 1.75 bits per heavy atom. The van der Waals surface area contributed by atoms with Gasteiger partial charge in [0.15, 0.2) is 0 Å². The number of nitrogens with zero attached hydrogens (tertiary/aromatic N) is 1. The standard InChI is InChI=1S/C14H20N2/c1-10(2)16-12(14(3,4)13(16)15)11-8-6-5-7-9-11/h5-10,12,15H,1-4H3. The number of nitrogens with one attached hydrogen (secondary N) is 1. The number of hydrogen-bond acceptors (Lipinski definition) is 1. The second kappa shape index (κ2) is 3.62. The molecule has 1 fully saturated rings. The van der Waals surface area contributed by atoms with Gasteiger partial charge < -0.3 is 4.90 Å². The maximum atomic E-state index is 8.13. The van der Waals surface area contributed by atoms with Crippen molar-refractivity contribution in [2.24, 2.45) is 5.41 Å². The van der Waals surface area contributed by atoms with Crippen LogP contribution in [0.3, 0.4) is 0 Å². The average Bonchev–Trinajstić information content (AvgIpc) is 2.25. The van der Waals surface area contributed by atoms with Gasteiger partial charge in [0.25, 0.3) is 0 Å². The van der Waals surface area contributed by atoms with E-state index in [1.165, 1.54) is 5.56 Å². The van der Waals surface area contributed by atoms with Gasteiger partial charge in [-0.1, -0.05) is 44.2 Å². The van der Waals surface area contributed by atoms with E-state index in [2.05, 4.69) is 56.9 Å². The van der Waals surface area contributed by atoms with E-state index in [1.807, 2.05) is 6.07 Å². The largest absolute Gasteiger partial charge is 0.350 e. The Morgan fingerprint density at radius 3 is 2.25 bits per heavy atom. The molecule has 0 bridgehead atoms. The highest BCUT2D eigenvalue weighted by Crippen LogP contribution is 2.50. The molecule has 1 aromatic carbocycles. The van der Waals surface area contributed by atoms with Gasteiger partial charge >= 0.3 is 0 Å². The Kier molecular flexibility index (Phi) is 2.53. The van der Waals surface area contributed by atoms with Gasteiger partial charge in [-0.3, -0.25) is 5.41 Å². The molecular weight excluding hydrogens is 196 g/mol. The van der Waals surface area contributed by atoms with Gasteiger partial charge in [-0.25, -0.2) is 0 Å². The molecule has 1 aliphatic rings. The van der Waals surface area contributed by atoms with Crippen LogP contribution in [0.25, 0.3) is 0 Å². The summed E-state index contributed by atoms with van der Waals surface area (Å²) in [5.74, 6) is 0.761. The maximum Gasteiger partial charge on any atom is 0.105 e. The molecule has 1 aliphatic heterocycles. The van der Waals surface area contributed by atoms with Gasteiger partial charge in [-0.15, -0.1) is 0 Å². The Morgan fingerprint density at radius 1 is 1.19 bits per heavy atom. The van der Waals surface area contributed by atoms with Crippen molar-refractivity contribution in [3.05, 3.63) is 35.9 Å². The van der Waals surface area contributed by atoms with Gasteiger partial charge in [0.05, 0.1) is 6.04 Å². The first-order chi connectivity index (χ1) is 7.46. The summed E-state index contributed by atoms with van der Waals surface area (Å²) in [5, 5.41) is 8.13. The summed E-state index contributed by atoms with van der Waals surface area (Å²) in [4.78, 5) is 2.20. The predicted molar refractivity (Wildman–Crippen MR) is 67.7 cm³/mol. The van der Waals surface area contributed by atoms with Crippen molar-refractivity contribution < 1.29 is 0 Å². The predicted octanol–water partition coefficient (Wildman–Crippen LogP) is 3.46. The minimum absolute atomic E-state index is 0.0361. The van der Waals surface area contributed by atoms with Crippen LogP contribution in [0.2, 0.25) is 0 Å². The van der Waals surface area contributed by atoms with E-state index >= 15 is 0 Å². The molecule has 1 saturated heterocycles. The van der Waals surface area contributed by atoms with Crippen LogP contribution in [0, 0.1) is 10.8 Å². The van der Waals surface area contributed by atoms with Crippen molar-refractivity contribution in [3.63, 3.8) is 0 Å². The molecule has 2 nitrogen and oxygen atoms in total. The second-order valence-electron chi connectivity index (χ2n) is 5.38. The highest BCUT2D eigenvalue weighted by molar-refractivity contribution is 5.92. The summed E-state index contributed by atoms with van der Waals surface area (Å²) in [6.45, 7) is 8.62. The lowest BCUT2D eigenvalue weighted by atomic mass is 9.69. The molecule has 16 heavy (non-hydrogen) atoms. The van der Waals surface area contributed by atoms with Crippen LogP contribution in [0.1, 0.15) is 39.3 Å². The minimum atomic E-state index is -0.0361. The third-order valence-corrected chi connectivity index (χ3v) is 3.50. The highest BCUT2D eigenvalue weighted by Gasteiger charge is 2.52. The molecule has 1 heterocycles. The first-order valence-corrected chi connectivity index (χ1v) is 5.88. The van der Waals surface area contributed by atoms with Gasteiger partial charge in [0.2, 0.25) is 0 Å². The molecule has 0 aromatic heterocycles. The fourth-order valence-electron chi connectivity index (χ4n) is 2.64. The quantitative estimate of drug-likeness (QED) is 0.805. The summed E-state index contributed by atoms with van der Waals surface area (Å²) >= 11 is 0. The first-order valence-electron chi connectivity index (χ1n) is 5.88. The molecular formula is C14H20N2. The molecule has 0 spiro atoms. The van der Waals surface area contributed by atoms with Crippen molar-refractivity contribution >= 4 is 5.84 Å². The third-order valence-electron chi connectivity index (χ3n) is 3.50. The fraction of sp³-hybridized carbons (Fsp3) is 0.500. The number of amidine groups is 1. The first kappa shape index (κ1) is 11.2. The number of rotatable bonds is 2. The lowest BCUT2D eigenvalue weighted by molar-refractivity contribution is 0.0796. The summed E-state index contributed by atoms with van der Waals surface area (Å²) in [6.07, 6.45) is 0. The zero-order valence-corrected chi connectivity index (χ0v) is 10.5. The van der Waals surface area contributed by atoms with E-state index in [0.717, 1.165) is 5.84 Å². The summed E-state index contributed by atoms with van der Waals surface area (Å²) in [5.41, 5.74) is 1.28. The Bertz CT molecular complexity index is 392. The molecule has 1 unspecified atom stereocenters. The van der Waals surface area contributed by atoms with Crippen molar-refractivity contribution in [1.29, 1.82) is 5.41 Å². The molecule has 2 heteroatoms. The number of hydrogen-bond donors (Lipinski definition) is 1. The fourth-order valence-corrected chi connectivity index (χ4v) is 2.64. The van der Waals surface area contributed by atoms with Crippen molar-refractivity contribution in [2.75, 3.05) is 0 Å². The van der Waals surface area contributed by atoms with Gasteiger partial charge in [0.1, 0.15) is 5.84 Å². The van der Waals surface area contributed by atoms with Crippen LogP contribution in [0.5, 0.6) is 0 Å². The molecule has 86 valence electrons. The topological polar surface area (TPSA) is 27.1 Å². The van der Waals surface area contributed by atoms with Crippen LogP contribution in [-0.2, 0) is 0 Å². The van der Waals surface area contributed by atoms with Gasteiger partial charge in [-0.2, -0.15) is 0 Å². The van der Waals surface area contributed by atoms with Crippen molar-refractivity contribution in [1.82, 2.24) is 4.90 Å². The molecule has 0 saturated carbocycles. The summed E-state index contributed by atoms with van der Waals surface area (Å²) in [6, 6.07) is 11.3.